The quantitative estimate of drug-likeness (QED) is 0.578. The van der Waals surface area contributed by atoms with Crippen molar-refractivity contribution in [1.29, 1.82) is 0 Å². The van der Waals surface area contributed by atoms with Gasteiger partial charge in [-0.05, 0) is 36.2 Å². The van der Waals surface area contributed by atoms with E-state index in [0.29, 0.717) is 5.56 Å². The largest absolute Gasteiger partial charge is 0.395 e. The number of nitrogens with one attached hydrogen (secondary N) is 2. The number of fused-ring (bicyclic) bond motifs is 1. The Morgan fingerprint density at radius 3 is 2.67 bits per heavy atom. The van der Waals surface area contributed by atoms with Gasteiger partial charge < -0.3 is 20.3 Å². The fourth-order valence-electron chi connectivity index (χ4n) is 2.67. The van der Waals surface area contributed by atoms with E-state index in [-0.39, 0.29) is 30.9 Å². The molecule has 3 N–H and O–H groups in total. The van der Waals surface area contributed by atoms with Gasteiger partial charge in [-0.25, -0.2) is 4.98 Å². The van der Waals surface area contributed by atoms with Gasteiger partial charge in [-0.2, -0.15) is 0 Å². The molecule has 0 radical (unpaired) electrons. The Bertz CT molecular complexity index is 934. The molecule has 8 heteroatoms. The minimum atomic E-state index is -0.670. The molecule has 0 spiro atoms. The third-order valence-corrected chi connectivity index (χ3v) is 5.14. The number of carbonyl (C=O) groups is 2. The molecule has 27 heavy (non-hydrogen) atoms. The fourth-order valence-corrected chi connectivity index (χ4v) is 3.65. The average molecular weight is 386 g/mol. The van der Waals surface area contributed by atoms with Crippen molar-refractivity contribution in [3.8, 4) is 5.13 Å². The number of aromatic nitrogens is 2. The zero-order valence-corrected chi connectivity index (χ0v) is 16.0. The van der Waals surface area contributed by atoms with Gasteiger partial charge in [-0.3, -0.25) is 9.59 Å². The maximum absolute atomic E-state index is 12.7. The lowest BCUT2D eigenvalue weighted by atomic mass is 10.0. The van der Waals surface area contributed by atoms with Crippen molar-refractivity contribution in [3.63, 3.8) is 0 Å². The second-order valence-corrected chi connectivity index (χ2v) is 7.49. The van der Waals surface area contributed by atoms with Crippen LogP contribution in [-0.4, -0.2) is 45.7 Å². The molecule has 3 rings (SSSR count). The van der Waals surface area contributed by atoms with Crippen LogP contribution in [0.3, 0.4) is 0 Å². The molecule has 1 unspecified atom stereocenters. The number of aliphatic hydroxyl groups excluding tert-OH is 1. The molecule has 2 aromatic heterocycles. The predicted molar refractivity (Wildman–Crippen MR) is 105 cm³/mol. The molecule has 3 aromatic rings. The van der Waals surface area contributed by atoms with Crippen LogP contribution >= 0.6 is 11.3 Å². The summed E-state index contributed by atoms with van der Waals surface area (Å²) in [5, 5.41) is 15.1. The van der Waals surface area contributed by atoms with Crippen molar-refractivity contribution in [2.45, 2.75) is 19.9 Å². The summed E-state index contributed by atoms with van der Waals surface area (Å²) in [6.07, 6.45) is 3.84. The summed E-state index contributed by atoms with van der Waals surface area (Å²) >= 11 is 1.49. The monoisotopic (exact) mass is 386 g/mol. The van der Waals surface area contributed by atoms with E-state index in [2.05, 4.69) is 15.6 Å². The van der Waals surface area contributed by atoms with Gasteiger partial charge in [0.25, 0.3) is 5.91 Å². The molecule has 0 aliphatic carbocycles. The van der Waals surface area contributed by atoms with Crippen LogP contribution in [0.4, 0.5) is 0 Å². The maximum Gasteiger partial charge on any atom is 0.251 e. The molecule has 7 nitrogen and oxygen atoms in total. The van der Waals surface area contributed by atoms with Crippen molar-refractivity contribution in [3.05, 3.63) is 48.3 Å². The lowest BCUT2D eigenvalue weighted by Gasteiger charge is -2.21. The Morgan fingerprint density at radius 2 is 2.00 bits per heavy atom. The van der Waals surface area contributed by atoms with Crippen molar-refractivity contribution >= 4 is 33.4 Å². The van der Waals surface area contributed by atoms with E-state index < -0.39 is 6.04 Å². The van der Waals surface area contributed by atoms with Crippen LogP contribution in [0, 0.1) is 5.92 Å². The molecule has 0 saturated carbocycles. The lowest BCUT2D eigenvalue weighted by Crippen LogP contribution is -2.50. The number of hydrogen-bond donors (Lipinski definition) is 3. The summed E-state index contributed by atoms with van der Waals surface area (Å²) < 4.78 is 2.82. The highest BCUT2D eigenvalue weighted by Crippen LogP contribution is 2.26. The van der Waals surface area contributed by atoms with Gasteiger partial charge >= 0.3 is 0 Å². The van der Waals surface area contributed by atoms with Crippen molar-refractivity contribution in [1.82, 2.24) is 20.2 Å². The first kappa shape index (κ1) is 19.1. The van der Waals surface area contributed by atoms with Gasteiger partial charge in [0.2, 0.25) is 5.91 Å². The molecule has 1 aromatic carbocycles. The van der Waals surface area contributed by atoms with Crippen LogP contribution in [0.2, 0.25) is 0 Å². The topological polar surface area (TPSA) is 96.2 Å². The summed E-state index contributed by atoms with van der Waals surface area (Å²) in [6.45, 7) is 3.74. The molecule has 0 bridgehead atoms. The Morgan fingerprint density at radius 1 is 1.26 bits per heavy atom. The van der Waals surface area contributed by atoms with E-state index in [0.717, 1.165) is 15.3 Å². The molecule has 142 valence electrons. The highest BCUT2D eigenvalue weighted by Gasteiger charge is 2.24. The maximum atomic E-state index is 12.7. The van der Waals surface area contributed by atoms with Gasteiger partial charge in [0.05, 0.1) is 16.8 Å². The van der Waals surface area contributed by atoms with E-state index in [4.69, 9.17) is 5.11 Å². The van der Waals surface area contributed by atoms with E-state index in [1.807, 2.05) is 49.0 Å². The summed E-state index contributed by atoms with van der Waals surface area (Å²) in [5.41, 5.74) is 1.30. The number of aliphatic hydroxyl groups is 1. The zero-order valence-electron chi connectivity index (χ0n) is 15.2. The summed E-state index contributed by atoms with van der Waals surface area (Å²) in [7, 11) is 0. The highest BCUT2D eigenvalue weighted by atomic mass is 32.1. The van der Waals surface area contributed by atoms with Crippen molar-refractivity contribution in [2.75, 3.05) is 13.2 Å². The van der Waals surface area contributed by atoms with Gasteiger partial charge in [-0.1, -0.05) is 25.2 Å². The Labute approximate surface area is 161 Å². The van der Waals surface area contributed by atoms with Crippen LogP contribution in [0.5, 0.6) is 0 Å². The smallest absolute Gasteiger partial charge is 0.251 e. The molecule has 0 saturated heterocycles. The van der Waals surface area contributed by atoms with E-state index >= 15 is 0 Å². The highest BCUT2D eigenvalue weighted by molar-refractivity contribution is 7.20. The lowest BCUT2D eigenvalue weighted by molar-refractivity contribution is -0.124. The molecular weight excluding hydrogens is 364 g/mol. The summed E-state index contributed by atoms with van der Waals surface area (Å²) in [5.74, 6) is -0.702. The number of rotatable bonds is 7. The van der Waals surface area contributed by atoms with E-state index in [9.17, 15) is 9.59 Å². The number of benzene rings is 1. The van der Waals surface area contributed by atoms with Crippen molar-refractivity contribution in [2.24, 2.45) is 5.92 Å². The van der Waals surface area contributed by atoms with Crippen molar-refractivity contribution < 1.29 is 14.7 Å². The molecular formula is C19H22N4O3S. The van der Waals surface area contributed by atoms with Crippen LogP contribution in [0.1, 0.15) is 24.2 Å². The zero-order chi connectivity index (χ0) is 19.4. The van der Waals surface area contributed by atoms with Crippen LogP contribution in [-0.2, 0) is 4.79 Å². The second-order valence-electron chi connectivity index (χ2n) is 6.48. The molecule has 2 amide bonds. The first-order chi connectivity index (χ1) is 13.0. The minimum absolute atomic E-state index is 0.0832. The number of hydrogen-bond acceptors (Lipinski definition) is 5. The number of carbonyl (C=O) groups excluding carboxylic acids is 2. The van der Waals surface area contributed by atoms with E-state index in [1.54, 1.807) is 12.1 Å². The van der Waals surface area contributed by atoms with E-state index in [1.165, 1.54) is 11.3 Å². The summed E-state index contributed by atoms with van der Waals surface area (Å²) in [6, 6.07) is 8.50. The Balaban J connectivity index is 1.79. The standard InChI is InChI=1S/C19H22N4O3S/c1-12(2)16(18(26)20-7-10-24)22-17(25)13-5-6-14-15(11-13)27-19(21-14)23-8-3-4-9-23/h3-6,8-9,11-12,16,24H,7,10H2,1-2H3,(H,20,26)(H,22,25). The Hall–Kier alpha value is -2.71. The SMILES string of the molecule is CC(C)C(NC(=O)c1ccc2nc(-n3cccc3)sc2c1)C(=O)NCCO. The summed E-state index contributed by atoms with van der Waals surface area (Å²) in [4.78, 5) is 29.4. The van der Waals surface area contributed by atoms with Crippen LogP contribution < -0.4 is 10.6 Å². The molecule has 0 aliphatic heterocycles. The van der Waals surface area contributed by atoms with Crippen LogP contribution in [0.25, 0.3) is 15.3 Å². The molecule has 0 fully saturated rings. The number of thiazole rings is 1. The number of amides is 2. The van der Waals surface area contributed by atoms with Gasteiger partial charge in [-0.15, -0.1) is 0 Å². The first-order valence-electron chi connectivity index (χ1n) is 8.73. The normalized spacial score (nSPS) is 12.3. The van der Waals surface area contributed by atoms with Gasteiger partial charge in [0.1, 0.15) is 6.04 Å². The fraction of sp³-hybridized carbons (Fsp3) is 0.316. The molecule has 1 atom stereocenters. The first-order valence-corrected chi connectivity index (χ1v) is 9.54. The number of nitrogens with zero attached hydrogens (tertiary/aromatic N) is 2. The molecule has 2 heterocycles. The van der Waals surface area contributed by atoms with Crippen LogP contribution in [0.15, 0.2) is 42.7 Å². The third kappa shape index (κ3) is 4.35. The molecule has 0 aliphatic rings. The minimum Gasteiger partial charge on any atom is -0.395 e. The second kappa shape index (κ2) is 8.32. The predicted octanol–water partition coefficient (Wildman–Crippen LogP) is 1.95. The average Bonchev–Trinajstić information content (AvgIpc) is 3.31. The third-order valence-electron chi connectivity index (χ3n) is 4.11. The Kier molecular flexibility index (Phi) is 5.88. The van der Waals surface area contributed by atoms with Gasteiger partial charge in [0, 0.05) is 24.5 Å². The van der Waals surface area contributed by atoms with Gasteiger partial charge in [0.15, 0.2) is 5.13 Å².